The molecule has 218 valence electrons. The van der Waals surface area contributed by atoms with Gasteiger partial charge >= 0.3 is 0 Å². The van der Waals surface area contributed by atoms with E-state index >= 15 is 0 Å². The Bertz CT molecular complexity index is 1470. The number of hydrogen-bond donors (Lipinski definition) is 1. The SMILES string of the molecule is CC[C@H](C(=O)N[C@@H](C)CC)N(Cc1ccc(F)cc1)C(=O)CN(c1cccc([N+](=O)[O-])c1)S(=O)(=O)c1ccccc1. The zero-order valence-corrected chi connectivity index (χ0v) is 23.9. The Morgan fingerprint density at radius 3 is 2.22 bits per heavy atom. The third-order valence-corrected chi connectivity index (χ3v) is 8.38. The Hall–Kier alpha value is -4.32. The second kappa shape index (κ2) is 13.8. The van der Waals surface area contributed by atoms with Crippen molar-refractivity contribution in [2.75, 3.05) is 10.8 Å². The number of carbonyl (C=O) groups is 2. The van der Waals surface area contributed by atoms with Gasteiger partial charge in [0.15, 0.2) is 0 Å². The first-order valence-corrected chi connectivity index (χ1v) is 14.6. The number of carbonyl (C=O) groups excluding carboxylic acids is 2. The first-order chi connectivity index (χ1) is 19.5. The number of nitro groups is 1. The number of nitrogens with zero attached hydrogens (tertiary/aromatic N) is 3. The van der Waals surface area contributed by atoms with Gasteiger partial charge in [-0.3, -0.25) is 24.0 Å². The van der Waals surface area contributed by atoms with Crippen molar-refractivity contribution >= 4 is 33.2 Å². The van der Waals surface area contributed by atoms with Gasteiger partial charge in [-0.05, 0) is 55.7 Å². The van der Waals surface area contributed by atoms with E-state index in [1.807, 2.05) is 13.8 Å². The summed E-state index contributed by atoms with van der Waals surface area (Å²) in [5.74, 6) is -1.60. The largest absolute Gasteiger partial charge is 0.352 e. The van der Waals surface area contributed by atoms with E-state index in [9.17, 15) is 32.5 Å². The van der Waals surface area contributed by atoms with Gasteiger partial charge < -0.3 is 10.2 Å². The fraction of sp³-hybridized carbons (Fsp3) is 0.310. The molecule has 0 aliphatic rings. The minimum absolute atomic E-state index is 0.0877. The maximum absolute atomic E-state index is 14.0. The monoisotopic (exact) mass is 584 g/mol. The normalized spacial score (nSPS) is 12.7. The van der Waals surface area contributed by atoms with Gasteiger partial charge in [-0.25, -0.2) is 12.8 Å². The van der Waals surface area contributed by atoms with Gasteiger partial charge in [0.1, 0.15) is 18.4 Å². The number of nitro benzene ring substituents is 1. The van der Waals surface area contributed by atoms with Gasteiger partial charge in [-0.1, -0.05) is 50.2 Å². The van der Waals surface area contributed by atoms with Crippen molar-refractivity contribution < 1.29 is 27.3 Å². The Morgan fingerprint density at radius 2 is 1.63 bits per heavy atom. The van der Waals surface area contributed by atoms with Crippen molar-refractivity contribution in [2.45, 2.75) is 57.1 Å². The van der Waals surface area contributed by atoms with Crippen LogP contribution in [0.25, 0.3) is 0 Å². The first-order valence-electron chi connectivity index (χ1n) is 13.1. The second-order valence-corrected chi connectivity index (χ2v) is 11.4. The van der Waals surface area contributed by atoms with Crippen LogP contribution in [0, 0.1) is 15.9 Å². The van der Waals surface area contributed by atoms with E-state index in [1.54, 1.807) is 13.0 Å². The first kappa shape index (κ1) is 31.2. The zero-order chi connectivity index (χ0) is 30.2. The van der Waals surface area contributed by atoms with Crippen LogP contribution in [0.15, 0.2) is 83.8 Å². The Balaban J connectivity index is 2.08. The standard InChI is InChI=1S/C29H33FN4O6S/c1-4-21(3)31-29(36)27(5-2)32(19-22-14-16-23(30)17-15-22)28(35)20-33(24-10-9-11-25(18-24)34(37)38)41(39,40)26-12-7-6-8-13-26/h6-18,21,27H,4-5,19-20H2,1-3H3,(H,31,36)/t21-,27+/m0/s1. The molecule has 2 amide bonds. The molecule has 3 aromatic rings. The van der Waals surface area contributed by atoms with Crippen LogP contribution in [0.2, 0.25) is 0 Å². The summed E-state index contributed by atoms with van der Waals surface area (Å²) in [5, 5.41) is 14.3. The summed E-state index contributed by atoms with van der Waals surface area (Å²) in [7, 11) is -4.37. The number of sulfonamides is 1. The van der Waals surface area contributed by atoms with Gasteiger partial charge in [0.05, 0.1) is 15.5 Å². The summed E-state index contributed by atoms with van der Waals surface area (Å²) in [6.45, 7) is 4.61. The van der Waals surface area contributed by atoms with Crippen LogP contribution in [0.1, 0.15) is 39.2 Å². The third kappa shape index (κ3) is 7.88. The molecule has 0 aromatic heterocycles. The molecule has 41 heavy (non-hydrogen) atoms. The van der Waals surface area contributed by atoms with Gasteiger partial charge in [0.25, 0.3) is 15.7 Å². The van der Waals surface area contributed by atoms with Crippen molar-refractivity contribution in [3.8, 4) is 0 Å². The quantitative estimate of drug-likeness (QED) is 0.230. The molecule has 3 aromatic carbocycles. The summed E-state index contributed by atoms with van der Waals surface area (Å²) >= 11 is 0. The van der Waals surface area contributed by atoms with Gasteiger partial charge in [-0.15, -0.1) is 0 Å². The van der Waals surface area contributed by atoms with Crippen LogP contribution in [0.5, 0.6) is 0 Å². The Labute approximate surface area is 239 Å². The number of benzene rings is 3. The molecular weight excluding hydrogens is 551 g/mol. The van der Waals surface area contributed by atoms with Gasteiger partial charge in [0, 0.05) is 24.7 Å². The molecule has 0 heterocycles. The van der Waals surface area contributed by atoms with Gasteiger partial charge in [-0.2, -0.15) is 0 Å². The molecule has 0 radical (unpaired) electrons. The highest BCUT2D eigenvalue weighted by molar-refractivity contribution is 7.92. The maximum Gasteiger partial charge on any atom is 0.271 e. The molecule has 3 rings (SSSR count). The fourth-order valence-electron chi connectivity index (χ4n) is 4.16. The number of halogens is 1. The van der Waals surface area contributed by atoms with E-state index in [2.05, 4.69) is 5.32 Å². The van der Waals surface area contributed by atoms with Crippen molar-refractivity contribution in [1.82, 2.24) is 10.2 Å². The molecule has 0 fully saturated rings. The van der Waals surface area contributed by atoms with Crippen LogP contribution in [0.4, 0.5) is 15.8 Å². The van der Waals surface area contributed by atoms with Crippen molar-refractivity contribution in [3.63, 3.8) is 0 Å². The second-order valence-electron chi connectivity index (χ2n) is 9.49. The van der Waals surface area contributed by atoms with Crippen LogP contribution in [-0.4, -0.2) is 48.7 Å². The lowest BCUT2D eigenvalue weighted by Crippen LogP contribution is -2.53. The van der Waals surface area contributed by atoms with E-state index < -0.39 is 45.2 Å². The lowest BCUT2D eigenvalue weighted by Gasteiger charge is -2.33. The molecule has 10 nitrogen and oxygen atoms in total. The molecule has 2 atom stereocenters. The number of nitrogens with one attached hydrogen (secondary N) is 1. The van der Waals surface area contributed by atoms with E-state index in [0.29, 0.717) is 12.0 Å². The predicted octanol–water partition coefficient (Wildman–Crippen LogP) is 4.65. The number of hydrogen-bond acceptors (Lipinski definition) is 6. The lowest BCUT2D eigenvalue weighted by atomic mass is 10.1. The van der Waals surface area contributed by atoms with Crippen molar-refractivity contribution in [3.05, 3.63) is 100 Å². The molecule has 0 aliphatic heterocycles. The summed E-state index contributed by atoms with van der Waals surface area (Å²) in [5.41, 5.74) is 0.0864. The number of anilines is 1. The van der Waals surface area contributed by atoms with E-state index in [0.717, 1.165) is 10.4 Å². The van der Waals surface area contributed by atoms with Crippen LogP contribution in [-0.2, 0) is 26.2 Å². The molecular formula is C29H33FN4O6S. The van der Waals surface area contributed by atoms with Crippen LogP contribution < -0.4 is 9.62 Å². The van der Waals surface area contributed by atoms with Gasteiger partial charge in [0.2, 0.25) is 11.8 Å². The van der Waals surface area contributed by atoms with Crippen molar-refractivity contribution in [1.29, 1.82) is 0 Å². The summed E-state index contributed by atoms with van der Waals surface area (Å²) < 4.78 is 42.0. The molecule has 0 saturated carbocycles. The molecule has 1 N–H and O–H groups in total. The Morgan fingerprint density at radius 1 is 0.976 bits per heavy atom. The molecule has 0 bridgehead atoms. The minimum atomic E-state index is -4.37. The minimum Gasteiger partial charge on any atom is -0.352 e. The molecule has 0 spiro atoms. The fourth-order valence-corrected chi connectivity index (χ4v) is 5.58. The average Bonchev–Trinajstić information content (AvgIpc) is 2.97. The van der Waals surface area contributed by atoms with Crippen LogP contribution in [0.3, 0.4) is 0 Å². The highest BCUT2D eigenvalue weighted by Gasteiger charge is 2.34. The topological polar surface area (TPSA) is 130 Å². The smallest absolute Gasteiger partial charge is 0.271 e. The van der Waals surface area contributed by atoms with E-state index in [-0.39, 0.29) is 35.3 Å². The summed E-state index contributed by atoms with van der Waals surface area (Å²) in [4.78, 5) is 39.2. The summed E-state index contributed by atoms with van der Waals surface area (Å²) in [6.07, 6.45) is 0.876. The number of non-ortho nitro benzene ring substituents is 1. The molecule has 0 saturated heterocycles. The number of amides is 2. The third-order valence-electron chi connectivity index (χ3n) is 6.59. The zero-order valence-electron chi connectivity index (χ0n) is 23.1. The highest BCUT2D eigenvalue weighted by Crippen LogP contribution is 2.28. The van der Waals surface area contributed by atoms with Crippen molar-refractivity contribution in [2.24, 2.45) is 0 Å². The van der Waals surface area contributed by atoms with Crippen LogP contribution >= 0.6 is 0 Å². The van der Waals surface area contributed by atoms with E-state index in [4.69, 9.17) is 0 Å². The maximum atomic E-state index is 14.0. The Kier molecular flexibility index (Phi) is 10.5. The molecule has 12 heteroatoms. The van der Waals surface area contributed by atoms with E-state index in [1.165, 1.54) is 71.6 Å². The highest BCUT2D eigenvalue weighted by atomic mass is 32.2. The molecule has 0 aliphatic carbocycles. The predicted molar refractivity (Wildman–Crippen MR) is 153 cm³/mol. The average molecular weight is 585 g/mol. The summed E-state index contributed by atoms with van der Waals surface area (Å²) in [6, 6.07) is 16.7. The lowest BCUT2D eigenvalue weighted by molar-refractivity contribution is -0.384. The number of rotatable bonds is 13. The molecule has 0 unspecified atom stereocenters.